The zero-order chi connectivity index (χ0) is 10.6. The zero-order valence-electron chi connectivity index (χ0n) is 9.82. The van der Waals surface area contributed by atoms with Gasteiger partial charge in [0.2, 0.25) is 0 Å². The second-order valence-corrected chi connectivity index (χ2v) is 5.34. The highest BCUT2D eigenvalue weighted by molar-refractivity contribution is 14.1. The van der Waals surface area contributed by atoms with Gasteiger partial charge in [-0.3, -0.25) is 0 Å². The van der Waals surface area contributed by atoms with E-state index in [1.165, 1.54) is 57.8 Å². The van der Waals surface area contributed by atoms with Gasteiger partial charge in [0.15, 0.2) is 0 Å². The van der Waals surface area contributed by atoms with Gasteiger partial charge in [0, 0.05) is 0 Å². The lowest BCUT2D eigenvalue weighted by atomic mass is 10.1. The largest absolute Gasteiger partial charge is 0.0752 e. The fourth-order valence-electron chi connectivity index (χ4n) is 1.48. The van der Waals surface area contributed by atoms with E-state index >= 15 is 0 Å². The Balaban J connectivity index is 3.28. The SMILES string of the molecule is CCCCC/C=C(/I)CCCCCC. The van der Waals surface area contributed by atoms with Crippen LogP contribution in [0.4, 0.5) is 0 Å². The van der Waals surface area contributed by atoms with Crippen molar-refractivity contribution in [3.63, 3.8) is 0 Å². The molecule has 0 aliphatic rings. The standard InChI is InChI=1S/C13H25I/c1-3-5-7-9-11-13(14)12-10-8-6-4-2/h11H,3-10,12H2,1-2H3/b13-11+. The molecule has 84 valence electrons. The van der Waals surface area contributed by atoms with E-state index in [0.717, 1.165) is 0 Å². The van der Waals surface area contributed by atoms with Crippen molar-refractivity contribution in [2.75, 3.05) is 0 Å². The fraction of sp³-hybridized carbons (Fsp3) is 0.846. The molecule has 0 heterocycles. The van der Waals surface area contributed by atoms with Crippen LogP contribution in [-0.4, -0.2) is 0 Å². The number of rotatable bonds is 9. The monoisotopic (exact) mass is 308 g/mol. The second-order valence-electron chi connectivity index (χ2n) is 3.96. The first-order valence-electron chi connectivity index (χ1n) is 6.15. The lowest BCUT2D eigenvalue weighted by Crippen LogP contribution is -1.78. The average molecular weight is 308 g/mol. The molecule has 0 saturated heterocycles. The maximum absolute atomic E-state index is 2.51. The Bertz CT molecular complexity index is 138. The van der Waals surface area contributed by atoms with Gasteiger partial charge in [0.05, 0.1) is 0 Å². The normalized spacial score (nSPS) is 12.1. The van der Waals surface area contributed by atoms with Crippen LogP contribution < -0.4 is 0 Å². The average Bonchev–Trinajstić information content (AvgIpc) is 2.19. The van der Waals surface area contributed by atoms with Crippen molar-refractivity contribution in [3.8, 4) is 0 Å². The molecule has 0 fully saturated rings. The third-order valence-corrected chi connectivity index (χ3v) is 3.42. The molecule has 1 heteroatoms. The van der Waals surface area contributed by atoms with Crippen molar-refractivity contribution < 1.29 is 0 Å². The van der Waals surface area contributed by atoms with Gasteiger partial charge in [-0.2, -0.15) is 0 Å². The van der Waals surface area contributed by atoms with Crippen LogP contribution in [0.5, 0.6) is 0 Å². The molecule has 14 heavy (non-hydrogen) atoms. The van der Waals surface area contributed by atoms with E-state index in [-0.39, 0.29) is 0 Å². The predicted octanol–water partition coefficient (Wildman–Crippen LogP) is 5.86. The molecule has 0 rings (SSSR count). The minimum absolute atomic E-state index is 1.29. The third-order valence-electron chi connectivity index (χ3n) is 2.44. The van der Waals surface area contributed by atoms with Gasteiger partial charge in [-0.15, -0.1) is 0 Å². The third kappa shape index (κ3) is 10.6. The summed E-state index contributed by atoms with van der Waals surface area (Å²) in [5.41, 5.74) is 0. The van der Waals surface area contributed by atoms with Gasteiger partial charge >= 0.3 is 0 Å². The molecule has 0 unspecified atom stereocenters. The Morgan fingerprint density at radius 2 is 1.57 bits per heavy atom. The molecule has 0 aromatic rings. The first-order chi connectivity index (χ1) is 6.81. The van der Waals surface area contributed by atoms with Gasteiger partial charge < -0.3 is 0 Å². The summed E-state index contributed by atoms with van der Waals surface area (Å²) in [4.78, 5) is 0. The Morgan fingerprint density at radius 1 is 0.929 bits per heavy atom. The second kappa shape index (κ2) is 11.5. The topological polar surface area (TPSA) is 0 Å². The highest BCUT2D eigenvalue weighted by Crippen LogP contribution is 2.17. The van der Waals surface area contributed by atoms with E-state index in [9.17, 15) is 0 Å². The summed E-state index contributed by atoms with van der Waals surface area (Å²) in [6, 6.07) is 0. The van der Waals surface area contributed by atoms with Crippen molar-refractivity contribution in [1.82, 2.24) is 0 Å². The van der Waals surface area contributed by atoms with E-state index in [1.807, 2.05) is 0 Å². The maximum Gasteiger partial charge on any atom is -0.0134 e. The van der Waals surface area contributed by atoms with E-state index in [0.29, 0.717) is 0 Å². The molecule has 0 amide bonds. The predicted molar refractivity (Wildman–Crippen MR) is 75.0 cm³/mol. The van der Waals surface area contributed by atoms with E-state index in [4.69, 9.17) is 0 Å². The van der Waals surface area contributed by atoms with Gasteiger partial charge in [0.1, 0.15) is 0 Å². The van der Waals surface area contributed by atoms with Crippen molar-refractivity contribution in [2.24, 2.45) is 0 Å². The van der Waals surface area contributed by atoms with Gasteiger partial charge in [-0.25, -0.2) is 0 Å². The van der Waals surface area contributed by atoms with Crippen LogP contribution in [0.25, 0.3) is 0 Å². The first-order valence-corrected chi connectivity index (χ1v) is 7.23. The van der Waals surface area contributed by atoms with Crippen LogP contribution in [-0.2, 0) is 0 Å². The Hall–Kier alpha value is 0.470. The first kappa shape index (κ1) is 14.5. The minimum Gasteiger partial charge on any atom is -0.0752 e. The molecule has 0 aliphatic heterocycles. The van der Waals surface area contributed by atoms with Gasteiger partial charge in [0.25, 0.3) is 0 Å². The summed E-state index contributed by atoms with van der Waals surface area (Å²) < 4.78 is 1.58. The number of halogens is 1. The summed E-state index contributed by atoms with van der Waals surface area (Å²) in [5.74, 6) is 0. The summed E-state index contributed by atoms with van der Waals surface area (Å²) in [6.45, 7) is 4.53. The van der Waals surface area contributed by atoms with Crippen LogP contribution >= 0.6 is 22.6 Å². The molecule has 0 aromatic heterocycles. The maximum atomic E-state index is 2.51. The smallest absolute Gasteiger partial charge is 0.0134 e. The molecule has 0 aromatic carbocycles. The molecular weight excluding hydrogens is 283 g/mol. The molecule has 0 radical (unpaired) electrons. The van der Waals surface area contributed by atoms with Crippen molar-refractivity contribution in [1.29, 1.82) is 0 Å². The highest BCUT2D eigenvalue weighted by atomic mass is 127. The molecule has 0 atom stereocenters. The molecule has 0 N–H and O–H groups in total. The summed E-state index contributed by atoms with van der Waals surface area (Å²) in [5, 5.41) is 0. The molecule has 0 saturated carbocycles. The lowest BCUT2D eigenvalue weighted by molar-refractivity contribution is 0.671. The van der Waals surface area contributed by atoms with Crippen molar-refractivity contribution >= 4 is 22.6 Å². The molecule has 0 aliphatic carbocycles. The Morgan fingerprint density at radius 3 is 2.21 bits per heavy atom. The van der Waals surface area contributed by atoms with E-state index in [2.05, 4.69) is 42.5 Å². The molecule has 0 bridgehead atoms. The number of hydrogen-bond acceptors (Lipinski definition) is 0. The van der Waals surface area contributed by atoms with Crippen LogP contribution in [0, 0.1) is 0 Å². The fourth-order valence-corrected chi connectivity index (χ4v) is 2.17. The summed E-state index contributed by atoms with van der Waals surface area (Å²) in [7, 11) is 0. The van der Waals surface area contributed by atoms with Crippen molar-refractivity contribution in [2.45, 2.75) is 71.6 Å². The summed E-state index contributed by atoms with van der Waals surface area (Å²) in [6.07, 6.45) is 14.7. The van der Waals surface area contributed by atoms with Crippen LogP contribution in [0.2, 0.25) is 0 Å². The summed E-state index contributed by atoms with van der Waals surface area (Å²) >= 11 is 2.51. The van der Waals surface area contributed by atoms with Crippen LogP contribution in [0.3, 0.4) is 0 Å². The van der Waals surface area contributed by atoms with E-state index < -0.39 is 0 Å². The lowest BCUT2D eigenvalue weighted by Gasteiger charge is -1.99. The molecule has 0 spiro atoms. The van der Waals surface area contributed by atoms with Crippen LogP contribution in [0.1, 0.15) is 71.6 Å². The molecule has 0 nitrogen and oxygen atoms in total. The quantitative estimate of drug-likeness (QED) is 0.370. The Kier molecular flexibility index (Phi) is 11.9. The van der Waals surface area contributed by atoms with Gasteiger partial charge in [-0.1, -0.05) is 52.0 Å². The number of unbranched alkanes of at least 4 members (excludes halogenated alkanes) is 6. The Labute approximate surface area is 104 Å². The number of allylic oxidation sites excluding steroid dienone is 2. The van der Waals surface area contributed by atoms with Gasteiger partial charge in [-0.05, 0) is 51.9 Å². The molecular formula is C13H25I. The minimum atomic E-state index is 1.29. The highest BCUT2D eigenvalue weighted by Gasteiger charge is 1.92. The van der Waals surface area contributed by atoms with E-state index in [1.54, 1.807) is 3.58 Å². The zero-order valence-corrected chi connectivity index (χ0v) is 12.0. The number of hydrogen-bond donors (Lipinski definition) is 0. The van der Waals surface area contributed by atoms with Crippen LogP contribution in [0.15, 0.2) is 9.66 Å². The van der Waals surface area contributed by atoms with Crippen molar-refractivity contribution in [3.05, 3.63) is 9.66 Å².